The van der Waals surface area contributed by atoms with Crippen molar-refractivity contribution in [3.05, 3.63) is 17.2 Å². The number of hydrogen-bond acceptors (Lipinski definition) is 2. The molecule has 4 nitrogen and oxygen atoms in total. The van der Waals surface area contributed by atoms with Crippen LogP contribution in [0.5, 0.6) is 0 Å². The Morgan fingerprint density at radius 3 is 3.40 bits per heavy atom. The van der Waals surface area contributed by atoms with E-state index in [0.717, 1.165) is 16.5 Å². The minimum Gasteiger partial charge on any atom is -0.248 e. The van der Waals surface area contributed by atoms with E-state index in [0.29, 0.717) is 0 Å². The SMILES string of the molecule is CC1=c2nc[nH]c2=[N+]=C=N1. The fraction of sp³-hybridized carbons (Fsp3) is 0.167. The molecule has 0 spiro atoms. The molecule has 48 valence electrons. The zero-order valence-electron chi connectivity index (χ0n) is 5.42. The number of aromatic amines is 1. The Bertz CT molecular complexity index is 440. The first-order valence-electron chi connectivity index (χ1n) is 2.91. The van der Waals surface area contributed by atoms with E-state index in [9.17, 15) is 0 Å². The minimum atomic E-state index is 0.743. The number of hydrogen-bond donors (Lipinski definition) is 1. The van der Waals surface area contributed by atoms with Crippen molar-refractivity contribution in [2.45, 2.75) is 6.92 Å². The molecule has 4 heteroatoms. The fourth-order valence-electron chi connectivity index (χ4n) is 0.840. The van der Waals surface area contributed by atoms with Crippen molar-refractivity contribution in [1.82, 2.24) is 14.6 Å². The highest BCUT2D eigenvalue weighted by Gasteiger charge is 2.04. The number of imidazole rings is 1. The van der Waals surface area contributed by atoms with Crippen molar-refractivity contribution in [3.8, 4) is 0 Å². The van der Waals surface area contributed by atoms with Crippen LogP contribution in [0.3, 0.4) is 0 Å². The van der Waals surface area contributed by atoms with Crippen LogP contribution in [0.4, 0.5) is 0 Å². The maximum atomic E-state index is 4.02. The molecule has 0 radical (unpaired) electrons. The van der Waals surface area contributed by atoms with Crippen molar-refractivity contribution in [3.63, 3.8) is 0 Å². The molecule has 10 heavy (non-hydrogen) atoms. The second-order valence-electron chi connectivity index (χ2n) is 2.01. The highest BCUT2D eigenvalue weighted by atomic mass is 14.9. The predicted molar refractivity (Wildman–Crippen MR) is 35.6 cm³/mol. The van der Waals surface area contributed by atoms with E-state index < -0.39 is 0 Å². The molecule has 1 aromatic heterocycles. The molecule has 0 unspecified atom stereocenters. The molecule has 0 bridgehead atoms. The van der Waals surface area contributed by atoms with E-state index in [1.165, 1.54) is 0 Å². The quantitative estimate of drug-likeness (QED) is 0.426. The van der Waals surface area contributed by atoms with Gasteiger partial charge in [0.1, 0.15) is 0 Å². The lowest BCUT2D eigenvalue weighted by Crippen LogP contribution is -2.30. The van der Waals surface area contributed by atoms with Crippen LogP contribution in [0.2, 0.25) is 0 Å². The molecule has 0 amide bonds. The number of nitrogens with one attached hydrogen (secondary N) is 1. The van der Waals surface area contributed by atoms with Gasteiger partial charge < -0.3 is 0 Å². The van der Waals surface area contributed by atoms with Gasteiger partial charge in [-0.15, -0.1) is 0 Å². The van der Waals surface area contributed by atoms with E-state index in [1.54, 1.807) is 6.33 Å². The molecule has 0 saturated carbocycles. The van der Waals surface area contributed by atoms with Crippen molar-refractivity contribution in [2.75, 3.05) is 0 Å². The third-order valence-corrected chi connectivity index (χ3v) is 1.34. The monoisotopic (exact) mass is 133 g/mol. The van der Waals surface area contributed by atoms with E-state index >= 15 is 0 Å². The van der Waals surface area contributed by atoms with Crippen LogP contribution in [0.25, 0.3) is 5.70 Å². The summed E-state index contributed by atoms with van der Waals surface area (Å²) in [7, 11) is 0. The van der Waals surface area contributed by atoms with E-state index in [4.69, 9.17) is 0 Å². The van der Waals surface area contributed by atoms with Crippen molar-refractivity contribution >= 4 is 11.7 Å². The van der Waals surface area contributed by atoms with Crippen molar-refractivity contribution < 1.29 is 0 Å². The maximum absolute atomic E-state index is 4.02. The molecule has 0 saturated heterocycles. The molecule has 1 N–H and O–H groups in total. The lowest BCUT2D eigenvalue weighted by atomic mass is 10.4. The number of aromatic nitrogens is 2. The summed E-state index contributed by atoms with van der Waals surface area (Å²) in [5.41, 5.74) is 1.60. The Balaban J connectivity index is 3.19. The maximum Gasteiger partial charge on any atom is 0.355 e. The number of H-pyrrole nitrogens is 1. The van der Waals surface area contributed by atoms with E-state index in [2.05, 4.69) is 25.6 Å². The molecule has 0 atom stereocenters. The highest BCUT2D eigenvalue weighted by Crippen LogP contribution is 1.85. The zero-order valence-corrected chi connectivity index (χ0v) is 5.42. The molecule has 2 rings (SSSR count). The van der Waals surface area contributed by atoms with Crippen LogP contribution in [-0.2, 0) is 0 Å². The summed E-state index contributed by atoms with van der Waals surface area (Å²) in [5, 5.41) is 0.818. The van der Waals surface area contributed by atoms with Crippen LogP contribution < -0.4 is 15.5 Å². The Hall–Kier alpha value is -1.63. The molecule has 0 aromatic carbocycles. The van der Waals surface area contributed by atoms with Gasteiger partial charge in [-0.1, -0.05) is 0 Å². The van der Waals surface area contributed by atoms with Gasteiger partial charge in [0.2, 0.25) is 0 Å². The topological polar surface area (TPSA) is 55.1 Å². The highest BCUT2D eigenvalue weighted by molar-refractivity contribution is 5.54. The molecule has 1 aromatic rings. The third-order valence-electron chi connectivity index (χ3n) is 1.34. The van der Waals surface area contributed by atoms with Gasteiger partial charge in [-0.25, -0.2) is 9.97 Å². The third kappa shape index (κ3) is 0.544. The van der Waals surface area contributed by atoms with Gasteiger partial charge in [-0.3, -0.25) is 0 Å². The number of aliphatic imine (C=N–C) groups is 1. The molecular weight excluding hydrogens is 128 g/mol. The van der Waals surface area contributed by atoms with Crippen LogP contribution in [0, 0.1) is 0 Å². The smallest absolute Gasteiger partial charge is 0.248 e. The second-order valence-corrected chi connectivity index (χ2v) is 2.01. The lowest BCUT2D eigenvalue weighted by molar-refractivity contribution is 1.15. The Labute approximate surface area is 56.4 Å². The standard InChI is InChI=1S/C6H4N4/c1-4-5-6(9-2-7-4)10-3-8-5/h3H,1H3/p+1. The van der Waals surface area contributed by atoms with Crippen molar-refractivity contribution in [2.24, 2.45) is 4.99 Å². The summed E-state index contributed by atoms with van der Waals surface area (Å²) in [5.74, 6) is 0. The average molecular weight is 133 g/mol. The summed E-state index contributed by atoms with van der Waals surface area (Å²) in [6.45, 7) is 1.88. The second kappa shape index (κ2) is 1.67. The van der Waals surface area contributed by atoms with Gasteiger partial charge >= 0.3 is 11.5 Å². The zero-order chi connectivity index (χ0) is 6.97. The van der Waals surface area contributed by atoms with Crippen LogP contribution in [0.1, 0.15) is 6.92 Å². The lowest BCUT2D eigenvalue weighted by Gasteiger charge is -1.74. The normalized spacial score (nSPS) is 13.1. The summed E-state index contributed by atoms with van der Waals surface area (Å²) in [4.78, 5) is 10.7. The summed E-state index contributed by atoms with van der Waals surface area (Å²) >= 11 is 0. The van der Waals surface area contributed by atoms with Crippen LogP contribution >= 0.6 is 0 Å². The first-order valence-corrected chi connectivity index (χ1v) is 2.91. The molecule has 0 aliphatic carbocycles. The summed E-state index contributed by atoms with van der Waals surface area (Å²) in [6, 6.07) is 2.52. The van der Waals surface area contributed by atoms with Gasteiger partial charge in [0.25, 0.3) is 0 Å². The van der Waals surface area contributed by atoms with Gasteiger partial charge in [0.05, 0.1) is 0 Å². The molecule has 2 heterocycles. The van der Waals surface area contributed by atoms with Gasteiger partial charge in [0, 0.05) is 0 Å². The number of fused-ring (bicyclic) bond motifs is 1. The molecule has 1 aliphatic rings. The Morgan fingerprint density at radius 2 is 2.60 bits per heavy atom. The molecule has 1 aliphatic heterocycles. The van der Waals surface area contributed by atoms with Gasteiger partial charge in [-0.05, 0) is 11.9 Å². The van der Waals surface area contributed by atoms with Crippen molar-refractivity contribution in [1.29, 1.82) is 0 Å². The predicted octanol–water partition coefficient (Wildman–Crippen LogP) is -1.59. The van der Waals surface area contributed by atoms with Crippen LogP contribution in [-0.4, -0.2) is 16.0 Å². The number of nitrogens with zero attached hydrogens (tertiary/aromatic N) is 3. The van der Waals surface area contributed by atoms with E-state index in [-0.39, 0.29) is 0 Å². The van der Waals surface area contributed by atoms with Gasteiger partial charge in [0.15, 0.2) is 17.4 Å². The van der Waals surface area contributed by atoms with Gasteiger partial charge in [-0.2, -0.15) is 4.67 Å². The van der Waals surface area contributed by atoms with Crippen LogP contribution in [0.15, 0.2) is 11.3 Å². The largest absolute Gasteiger partial charge is 0.355 e. The average Bonchev–Trinajstić information content (AvgIpc) is 2.36. The Kier molecular flexibility index (Phi) is 0.866. The summed E-state index contributed by atoms with van der Waals surface area (Å²) < 4.78 is 3.85. The number of rotatable bonds is 0. The summed E-state index contributed by atoms with van der Waals surface area (Å²) in [6.07, 6.45) is 1.60. The first-order chi connectivity index (χ1) is 4.88. The fourth-order valence-corrected chi connectivity index (χ4v) is 0.840. The first kappa shape index (κ1) is 5.18. The minimum absolute atomic E-state index is 0.743. The molecule has 0 fully saturated rings. The van der Waals surface area contributed by atoms with E-state index in [1.807, 2.05) is 6.92 Å². The molecular formula is C6H5N4+. The Morgan fingerprint density at radius 1 is 1.70 bits per heavy atom.